The number of carbonyl (C=O) groups is 3. The van der Waals surface area contributed by atoms with Crippen LogP contribution in [0.25, 0.3) is 5.69 Å². The summed E-state index contributed by atoms with van der Waals surface area (Å²) in [6.07, 6.45) is 2.83. The first-order valence-electron chi connectivity index (χ1n) is 10.7. The van der Waals surface area contributed by atoms with E-state index in [0.29, 0.717) is 5.02 Å². The summed E-state index contributed by atoms with van der Waals surface area (Å²) in [5.41, 5.74) is -0.228. The second kappa shape index (κ2) is 10.1. The average molecular weight is 499 g/mol. The van der Waals surface area contributed by atoms with Crippen molar-refractivity contribution in [2.45, 2.75) is 6.92 Å². The Morgan fingerprint density at radius 2 is 1.80 bits per heavy atom. The molecule has 9 nitrogen and oxygen atoms in total. The molecule has 2 amide bonds. The van der Waals surface area contributed by atoms with Gasteiger partial charge in [0, 0.05) is 24.5 Å². The van der Waals surface area contributed by atoms with Crippen molar-refractivity contribution in [2.75, 3.05) is 17.2 Å². The van der Waals surface area contributed by atoms with Crippen LogP contribution in [0.3, 0.4) is 0 Å². The summed E-state index contributed by atoms with van der Waals surface area (Å²) in [7, 11) is 0. The van der Waals surface area contributed by atoms with Gasteiger partial charge in [-0.2, -0.15) is 0 Å². The second-order valence-corrected chi connectivity index (χ2v) is 8.18. The molecule has 1 fully saturated rings. The Morgan fingerprint density at radius 3 is 2.43 bits per heavy atom. The van der Waals surface area contributed by atoms with Crippen LogP contribution in [-0.4, -0.2) is 33.9 Å². The number of carbonyl (C=O) groups excluding carboxylic acids is 3. The number of nitrogens with one attached hydrogen (secondary N) is 2. The first-order valence-corrected chi connectivity index (χ1v) is 11.1. The Balaban J connectivity index is 1.51. The van der Waals surface area contributed by atoms with Gasteiger partial charge in [-0.15, -0.1) is 0 Å². The lowest BCUT2D eigenvalue weighted by Crippen LogP contribution is -2.21. The van der Waals surface area contributed by atoms with Gasteiger partial charge in [-0.3, -0.25) is 23.7 Å². The van der Waals surface area contributed by atoms with Gasteiger partial charge in [0.05, 0.1) is 40.8 Å². The minimum absolute atomic E-state index is 0.0751. The molecule has 1 saturated carbocycles. The molecule has 3 atom stereocenters. The molecule has 11 heteroatoms. The molecule has 35 heavy (non-hydrogen) atoms. The predicted octanol–water partition coefficient (Wildman–Crippen LogP) is 3.03. The van der Waals surface area contributed by atoms with E-state index in [1.165, 1.54) is 47.3 Å². The van der Waals surface area contributed by atoms with E-state index < -0.39 is 41.4 Å². The Morgan fingerprint density at radius 1 is 1.06 bits per heavy atom. The summed E-state index contributed by atoms with van der Waals surface area (Å²) < 4.78 is 21.0. The molecule has 3 unspecified atom stereocenters. The Kier molecular flexibility index (Phi) is 6.92. The van der Waals surface area contributed by atoms with Crippen molar-refractivity contribution in [3.63, 3.8) is 0 Å². The molecule has 3 aromatic rings. The minimum atomic E-state index is -1.06. The predicted molar refractivity (Wildman–Crippen MR) is 126 cm³/mol. The Bertz CT molecular complexity index is 1340. The number of hydrogen-bond donors (Lipinski definition) is 2. The number of amides is 2. The van der Waals surface area contributed by atoms with E-state index in [2.05, 4.69) is 15.6 Å². The van der Waals surface area contributed by atoms with E-state index in [9.17, 15) is 23.6 Å². The van der Waals surface area contributed by atoms with Gasteiger partial charge >= 0.3 is 5.97 Å². The highest BCUT2D eigenvalue weighted by Gasteiger charge is 2.63. The number of benzene rings is 1. The third-order valence-corrected chi connectivity index (χ3v) is 5.70. The van der Waals surface area contributed by atoms with Crippen LogP contribution in [0.5, 0.6) is 0 Å². The first-order chi connectivity index (χ1) is 16.8. The zero-order valence-corrected chi connectivity index (χ0v) is 19.2. The summed E-state index contributed by atoms with van der Waals surface area (Å²) in [5.74, 6) is -5.69. The standard InChI is InChI=1S/C24H20ClFN4O5/c1-2-35-24(34)21-19(20(21)23(33)29-17-9-6-13(25)12-27-17)22(32)28-16-8-7-14(11-15(16)26)30-10-4-3-5-18(30)31/h3-12,19-21H,2H2,1H3,(H,28,32)(H,27,29,33). The topological polar surface area (TPSA) is 119 Å². The summed E-state index contributed by atoms with van der Waals surface area (Å²) in [6.45, 7) is 1.68. The lowest BCUT2D eigenvalue weighted by atomic mass is 10.2. The summed E-state index contributed by atoms with van der Waals surface area (Å²) in [5, 5.41) is 5.35. The third-order valence-electron chi connectivity index (χ3n) is 5.47. The van der Waals surface area contributed by atoms with E-state index in [1.807, 2.05) is 0 Å². The molecular formula is C24H20ClFN4O5. The first kappa shape index (κ1) is 24.1. The van der Waals surface area contributed by atoms with Crippen molar-refractivity contribution in [1.29, 1.82) is 0 Å². The molecule has 0 saturated heterocycles. The SMILES string of the molecule is CCOC(=O)C1C(C(=O)Nc2ccc(Cl)cn2)C1C(=O)Nc1ccc(-n2ccccc2=O)cc1F. The second-order valence-electron chi connectivity index (χ2n) is 7.74. The van der Waals surface area contributed by atoms with Crippen molar-refractivity contribution < 1.29 is 23.5 Å². The fourth-order valence-corrected chi connectivity index (χ4v) is 3.88. The minimum Gasteiger partial charge on any atom is -0.466 e. The van der Waals surface area contributed by atoms with Crippen molar-refractivity contribution in [1.82, 2.24) is 9.55 Å². The number of esters is 1. The number of hydrogen-bond acceptors (Lipinski definition) is 6. The van der Waals surface area contributed by atoms with E-state index in [-0.39, 0.29) is 29.4 Å². The molecule has 2 aromatic heterocycles. The van der Waals surface area contributed by atoms with Crippen LogP contribution in [0.2, 0.25) is 5.02 Å². The molecule has 1 aliphatic rings. The maximum Gasteiger partial charge on any atom is 0.310 e. The van der Waals surface area contributed by atoms with Crippen LogP contribution in [0.4, 0.5) is 15.9 Å². The van der Waals surface area contributed by atoms with Gasteiger partial charge < -0.3 is 15.4 Å². The maximum absolute atomic E-state index is 14.7. The summed E-state index contributed by atoms with van der Waals surface area (Å²) >= 11 is 5.79. The number of pyridine rings is 2. The molecule has 2 heterocycles. The van der Waals surface area contributed by atoms with Gasteiger partial charge in [-0.1, -0.05) is 17.7 Å². The van der Waals surface area contributed by atoms with E-state index in [4.69, 9.17) is 16.3 Å². The van der Waals surface area contributed by atoms with Gasteiger partial charge in [0.25, 0.3) is 5.56 Å². The van der Waals surface area contributed by atoms with Crippen LogP contribution in [0.15, 0.2) is 65.7 Å². The fourth-order valence-electron chi connectivity index (χ4n) is 3.77. The fraction of sp³-hybridized carbons (Fsp3) is 0.208. The van der Waals surface area contributed by atoms with Crippen LogP contribution in [0, 0.1) is 23.6 Å². The number of nitrogens with zero attached hydrogens (tertiary/aromatic N) is 2. The quantitative estimate of drug-likeness (QED) is 0.483. The lowest BCUT2D eigenvalue weighted by Gasteiger charge is -2.10. The van der Waals surface area contributed by atoms with Gasteiger partial charge in [-0.05, 0) is 37.3 Å². The molecule has 0 aliphatic heterocycles. The molecule has 4 rings (SSSR count). The van der Waals surface area contributed by atoms with Crippen molar-refractivity contribution in [3.05, 3.63) is 82.1 Å². The van der Waals surface area contributed by atoms with Gasteiger partial charge in [0.15, 0.2) is 0 Å². The number of halogens is 2. The zero-order chi connectivity index (χ0) is 25.1. The van der Waals surface area contributed by atoms with Crippen LogP contribution in [0.1, 0.15) is 6.92 Å². The number of anilines is 2. The van der Waals surface area contributed by atoms with E-state index >= 15 is 0 Å². The van der Waals surface area contributed by atoms with Crippen LogP contribution < -0.4 is 16.2 Å². The van der Waals surface area contributed by atoms with Gasteiger partial charge in [0.2, 0.25) is 11.8 Å². The van der Waals surface area contributed by atoms with Crippen LogP contribution >= 0.6 is 11.6 Å². The van der Waals surface area contributed by atoms with Crippen molar-refractivity contribution in [2.24, 2.45) is 17.8 Å². The smallest absolute Gasteiger partial charge is 0.310 e. The lowest BCUT2D eigenvalue weighted by molar-refractivity contribution is -0.146. The Labute approximate surface area is 203 Å². The number of rotatable bonds is 7. The van der Waals surface area contributed by atoms with Gasteiger partial charge in [-0.25, -0.2) is 9.37 Å². The molecule has 0 radical (unpaired) electrons. The highest BCUT2D eigenvalue weighted by molar-refractivity contribution is 6.30. The maximum atomic E-state index is 14.7. The molecule has 1 aromatic carbocycles. The highest BCUT2D eigenvalue weighted by Crippen LogP contribution is 2.48. The highest BCUT2D eigenvalue weighted by atomic mass is 35.5. The molecule has 0 spiro atoms. The van der Waals surface area contributed by atoms with E-state index in [1.54, 1.807) is 19.1 Å². The monoisotopic (exact) mass is 498 g/mol. The summed E-state index contributed by atoms with van der Waals surface area (Å²) in [4.78, 5) is 54.0. The molecule has 1 aliphatic carbocycles. The van der Waals surface area contributed by atoms with E-state index in [0.717, 1.165) is 6.07 Å². The zero-order valence-electron chi connectivity index (χ0n) is 18.4. The molecule has 2 N–H and O–H groups in total. The molecule has 0 bridgehead atoms. The molecular weight excluding hydrogens is 479 g/mol. The average Bonchev–Trinajstić information content (AvgIpc) is 3.59. The van der Waals surface area contributed by atoms with Crippen molar-refractivity contribution in [3.8, 4) is 5.69 Å². The number of ether oxygens (including phenoxy) is 1. The number of aromatic nitrogens is 2. The normalized spacial score (nSPS) is 18.4. The van der Waals surface area contributed by atoms with Crippen LogP contribution in [-0.2, 0) is 19.1 Å². The third kappa shape index (κ3) is 5.22. The molecule has 180 valence electrons. The van der Waals surface area contributed by atoms with Gasteiger partial charge in [0.1, 0.15) is 11.6 Å². The largest absolute Gasteiger partial charge is 0.466 e. The van der Waals surface area contributed by atoms with Crippen molar-refractivity contribution >= 4 is 40.9 Å². The Hall–Kier alpha value is -4.05. The summed E-state index contributed by atoms with van der Waals surface area (Å²) in [6, 6.07) is 11.4.